The van der Waals surface area contributed by atoms with Gasteiger partial charge in [0.2, 0.25) is 20.0 Å². The van der Waals surface area contributed by atoms with Crippen molar-refractivity contribution < 1.29 is 16.8 Å². The predicted molar refractivity (Wildman–Crippen MR) is 94.9 cm³/mol. The van der Waals surface area contributed by atoms with Crippen LogP contribution < -0.4 is 5.14 Å². The van der Waals surface area contributed by atoms with E-state index < -0.39 is 20.0 Å². The number of nitrogens with two attached hydrogens (primary N) is 1. The van der Waals surface area contributed by atoms with Gasteiger partial charge >= 0.3 is 0 Å². The van der Waals surface area contributed by atoms with Gasteiger partial charge in [0.25, 0.3) is 0 Å². The van der Waals surface area contributed by atoms with Gasteiger partial charge < -0.3 is 0 Å². The molecule has 0 bridgehead atoms. The monoisotopic (exact) mass is 380 g/mol. The van der Waals surface area contributed by atoms with E-state index in [1.807, 2.05) is 30.3 Å². The van der Waals surface area contributed by atoms with Gasteiger partial charge in [-0.2, -0.15) is 4.31 Å². The minimum atomic E-state index is -3.95. The molecule has 2 aromatic rings. The van der Waals surface area contributed by atoms with Crippen molar-refractivity contribution >= 4 is 20.0 Å². The molecule has 0 amide bonds. The summed E-state index contributed by atoms with van der Waals surface area (Å²) in [5, 5.41) is 5.12. The van der Waals surface area contributed by atoms with E-state index in [4.69, 9.17) is 5.14 Å². The summed E-state index contributed by atoms with van der Waals surface area (Å²) in [4.78, 5) is -0.244. The average Bonchev–Trinajstić information content (AvgIpc) is 3.04. The van der Waals surface area contributed by atoms with Crippen LogP contribution in [0.1, 0.15) is 18.4 Å². The molecule has 1 unspecified atom stereocenters. The van der Waals surface area contributed by atoms with E-state index >= 15 is 0 Å². The van der Waals surface area contributed by atoms with Crippen molar-refractivity contribution in [2.24, 2.45) is 5.14 Å². The van der Waals surface area contributed by atoms with Gasteiger partial charge in [0.05, 0.1) is 9.79 Å². The highest BCUT2D eigenvalue weighted by atomic mass is 32.2. The molecule has 0 saturated carbocycles. The van der Waals surface area contributed by atoms with E-state index in [-0.39, 0.29) is 15.8 Å². The lowest BCUT2D eigenvalue weighted by atomic mass is 10.1. The van der Waals surface area contributed by atoms with Crippen molar-refractivity contribution in [2.75, 3.05) is 6.54 Å². The molecule has 3 rings (SSSR count). The molecule has 6 nitrogen and oxygen atoms in total. The smallest absolute Gasteiger partial charge is 0.225 e. The second kappa shape index (κ2) is 6.87. The highest BCUT2D eigenvalue weighted by Crippen LogP contribution is 2.29. The Kier molecular flexibility index (Phi) is 4.97. The van der Waals surface area contributed by atoms with Crippen LogP contribution in [0.4, 0.5) is 0 Å². The van der Waals surface area contributed by atoms with E-state index in [0.29, 0.717) is 13.0 Å². The van der Waals surface area contributed by atoms with Gasteiger partial charge in [-0.25, -0.2) is 22.0 Å². The summed E-state index contributed by atoms with van der Waals surface area (Å²) in [6.45, 7) is 0.430. The second-order valence-corrected chi connectivity index (χ2v) is 9.57. The molecule has 0 radical (unpaired) electrons. The molecule has 1 saturated heterocycles. The first-order chi connectivity index (χ1) is 11.8. The van der Waals surface area contributed by atoms with E-state index in [1.54, 1.807) is 0 Å². The topological polar surface area (TPSA) is 97.5 Å². The Morgan fingerprint density at radius 2 is 1.64 bits per heavy atom. The van der Waals surface area contributed by atoms with E-state index in [2.05, 4.69) is 0 Å². The maximum absolute atomic E-state index is 13.0. The van der Waals surface area contributed by atoms with Crippen LogP contribution in [-0.2, 0) is 26.5 Å². The van der Waals surface area contributed by atoms with Gasteiger partial charge in [0, 0.05) is 12.6 Å². The summed E-state index contributed by atoms with van der Waals surface area (Å²) in [5.74, 6) is 0. The third-order valence-corrected chi connectivity index (χ3v) is 7.24. The predicted octanol–water partition coefficient (Wildman–Crippen LogP) is 1.73. The van der Waals surface area contributed by atoms with Gasteiger partial charge in [0.1, 0.15) is 0 Å². The lowest BCUT2D eigenvalue weighted by Gasteiger charge is -2.24. The molecule has 1 heterocycles. The van der Waals surface area contributed by atoms with Crippen LogP contribution in [0.2, 0.25) is 0 Å². The average molecular weight is 380 g/mol. The van der Waals surface area contributed by atoms with Gasteiger partial charge in [-0.3, -0.25) is 0 Å². The first-order valence-corrected chi connectivity index (χ1v) is 11.0. The van der Waals surface area contributed by atoms with Crippen LogP contribution in [0, 0.1) is 0 Å². The molecule has 134 valence electrons. The second-order valence-electron chi connectivity index (χ2n) is 6.12. The SMILES string of the molecule is NS(=O)(=O)c1cccc(S(=O)(=O)N2CCCC2Cc2ccccc2)c1. The molecular formula is C17H20N2O4S2. The van der Waals surface area contributed by atoms with Crippen molar-refractivity contribution in [1.29, 1.82) is 0 Å². The number of benzene rings is 2. The molecule has 1 aliphatic heterocycles. The summed E-state index contributed by atoms with van der Waals surface area (Å²) >= 11 is 0. The first-order valence-electron chi connectivity index (χ1n) is 7.97. The highest BCUT2D eigenvalue weighted by molar-refractivity contribution is 7.90. The molecule has 2 N–H and O–H groups in total. The molecule has 0 aliphatic carbocycles. The standard InChI is InChI=1S/C17H20N2O4S2/c18-24(20,21)16-9-4-10-17(13-16)25(22,23)19-11-5-8-15(19)12-14-6-2-1-3-7-14/h1-4,6-7,9-10,13,15H,5,8,11-12H2,(H2,18,20,21). The number of hydrogen-bond donors (Lipinski definition) is 1. The Balaban J connectivity index is 1.91. The Labute approximate surface area is 148 Å². The lowest BCUT2D eigenvalue weighted by Crippen LogP contribution is -2.36. The molecule has 0 aromatic heterocycles. The van der Waals surface area contributed by atoms with Crippen LogP contribution in [0.25, 0.3) is 0 Å². The van der Waals surface area contributed by atoms with Crippen molar-refractivity contribution in [3.63, 3.8) is 0 Å². The molecule has 25 heavy (non-hydrogen) atoms. The summed E-state index contributed by atoms with van der Waals surface area (Å²) in [6, 6.07) is 14.8. The number of primary sulfonamides is 1. The zero-order valence-corrected chi connectivity index (χ0v) is 15.2. The fourth-order valence-corrected chi connectivity index (χ4v) is 5.54. The van der Waals surface area contributed by atoms with E-state index in [1.165, 1.54) is 22.5 Å². The molecule has 8 heteroatoms. The van der Waals surface area contributed by atoms with Gasteiger partial charge in [-0.1, -0.05) is 36.4 Å². The quantitative estimate of drug-likeness (QED) is 0.854. The van der Waals surface area contributed by atoms with Crippen molar-refractivity contribution in [2.45, 2.75) is 35.1 Å². The maximum atomic E-state index is 13.0. The summed E-state index contributed by atoms with van der Waals surface area (Å²) < 4.78 is 50.5. The van der Waals surface area contributed by atoms with Crippen LogP contribution in [0.5, 0.6) is 0 Å². The Bertz CT molecular complexity index is 957. The minimum absolute atomic E-state index is 0.0426. The summed E-state index contributed by atoms with van der Waals surface area (Å²) in [6.07, 6.45) is 2.20. The minimum Gasteiger partial charge on any atom is -0.225 e. The zero-order valence-electron chi connectivity index (χ0n) is 13.6. The van der Waals surface area contributed by atoms with Crippen LogP contribution >= 0.6 is 0 Å². The normalized spacial score (nSPS) is 19.2. The van der Waals surface area contributed by atoms with Crippen molar-refractivity contribution in [3.05, 3.63) is 60.2 Å². The lowest BCUT2D eigenvalue weighted by molar-refractivity contribution is 0.385. The molecule has 1 atom stereocenters. The number of nitrogens with zero attached hydrogens (tertiary/aromatic N) is 1. The molecule has 1 fully saturated rings. The van der Waals surface area contributed by atoms with E-state index in [0.717, 1.165) is 24.5 Å². The number of sulfonamides is 2. The Morgan fingerprint density at radius 1 is 0.960 bits per heavy atom. The fourth-order valence-electron chi connectivity index (χ4n) is 3.16. The zero-order chi connectivity index (χ0) is 18.1. The van der Waals surface area contributed by atoms with Crippen LogP contribution in [0.3, 0.4) is 0 Å². The Morgan fingerprint density at radius 3 is 2.32 bits per heavy atom. The molecule has 0 spiro atoms. The largest absolute Gasteiger partial charge is 0.243 e. The fraction of sp³-hybridized carbons (Fsp3) is 0.294. The van der Waals surface area contributed by atoms with Crippen LogP contribution in [0.15, 0.2) is 64.4 Å². The Hall–Kier alpha value is -1.74. The maximum Gasteiger partial charge on any atom is 0.243 e. The van der Waals surface area contributed by atoms with Gasteiger partial charge in [0.15, 0.2) is 0 Å². The summed E-state index contributed by atoms with van der Waals surface area (Å²) in [7, 11) is -7.73. The van der Waals surface area contributed by atoms with Crippen molar-refractivity contribution in [1.82, 2.24) is 4.31 Å². The highest BCUT2D eigenvalue weighted by Gasteiger charge is 2.35. The van der Waals surface area contributed by atoms with E-state index in [9.17, 15) is 16.8 Å². The number of hydrogen-bond acceptors (Lipinski definition) is 4. The van der Waals surface area contributed by atoms with Crippen molar-refractivity contribution in [3.8, 4) is 0 Å². The molecular weight excluding hydrogens is 360 g/mol. The number of rotatable bonds is 5. The van der Waals surface area contributed by atoms with Crippen LogP contribution in [-0.4, -0.2) is 33.7 Å². The third kappa shape index (κ3) is 3.92. The van der Waals surface area contributed by atoms with Gasteiger partial charge in [-0.05, 0) is 43.0 Å². The first kappa shape index (κ1) is 18.1. The summed E-state index contributed by atoms with van der Waals surface area (Å²) in [5.41, 5.74) is 1.08. The third-order valence-electron chi connectivity index (χ3n) is 4.38. The molecule has 2 aromatic carbocycles. The molecule has 1 aliphatic rings. The van der Waals surface area contributed by atoms with Gasteiger partial charge in [-0.15, -0.1) is 0 Å².